The molecule has 0 unspecified atom stereocenters. The zero-order valence-corrected chi connectivity index (χ0v) is 13.5. The topological polar surface area (TPSA) is 38.7 Å². The Morgan fingerprint density at radius 3 is 2.48 bits per heavy atom. The number of methoxy groups -OCH3 is 2. The van der Waals surface area contributed by atoms with Crippen molar-refractivity contribution in [3.63, 3.8) is 0 Å². The molecule has 0 saturated carbocycles. The van der Waals surface area contributed by atoms with Gasteiger partial charge in [0.25, 0.3) is 0 Å². The van der Waals surface area contributed by atoms with Gasteiger partial charge in [0.05, 0.1) is 20.8 Å². The van der Waals surface area contributed by atoms with E-state index in [-0.39, 0.29) is 6.61 Å². The molecule has 0 amide bonds. The highest BCUT2D eigenvalue weighted by atomic mass is 16.5. The molecule has 0 spiro atoms. The highest BCUT2D eigenvalue weighted by Gasteiger charge is 2.05. The lowest BCUT2D eigenvalue weighted by atomic mass is 10.0. The zero-order valence-electron chi connectivity index (χ0n) is 13.5. The molecule has 0 atom stereocenters. The van der Waals surface area contributed by atoms with Crippen molar-refractivity contribution in [3.05, 3.63) is 47.1 Å². The van der Waals surface area contributed by atoms with Crippen LogP contribution in [0.5, 0.6) is 11.5 Å². The maximum absolute atomic E-state index is 8.83. The van der Waals surface area contributed by atoms with Gasteiger partial charge in [0.15, 0.2) is 0 Å². The summed E-state index contributed by atoms with van der Waals surface area (Å²) in [7, 11) is 3.36. The Balaban J connectivity index is 2.69. The molecule has 1 aromatic carbocycles. The second-order valence-corrected chi connectivity index (χ2v) is 5.18. The Morgan fingerprint density at radius 1 is 1.10 bits per heavy atom. The van der Waals surface area contributed by atoms with Gasteiger partial charge in [-0.1, -0.05) is 23.3 Å². The maximum Gasteiger partial charge on any atom is 0.122 e. The van der Waals surface area contributed by atoms with Gasteiger partial charge in [-0.2, -0.15) is 0 Å². The van der Waals surface area contributed by atoms with Crippen LogP contribution in [0.1, 0.15) is 32.3 Å². The van der Waals surface area contributed by atoms with Gasteiger partial charge in [-0.15, -0.1) is 0 Å². The summed E-state index contributed by atoms with van der Waals surface area (Å²) in [6.45, 7) is 4.30. The lowest BCUT2D eigenvalue weighted by molar-refractivity contribution is 0.341. The minimum absolute atomic E-state index is 0.121. The number of aliphatic hydroxyl groups is 1. The quantitative estimate of drug-likeness (QED) is 0.738. The van der Waals surface area contributed by atoms with Gasteiger partial charge in [0.1, 0.15) is 11.5 Å². The predicted molar refractivity (Wildman–Crippen MR) is 87.1 cm³/mol. The maximum atomic E-state index is 8.83. The van der Waals surface area contributed by atoms with E-state index >= 15 is 0 Å². The fourth-order valence-corrected chi connectivity index (χ4v) is 2.20. The van der Waals surface area contributed by atoms with Crippen molar-refractivity contribution in [2.45, 2.75) is 33.1 Å². The summed E-state index contributed by atoms with van der Waals surface area (Å²) >= 11 is 0. The van der Waals surface area contributed by atoms with Gasteiger partial charge in [-0.05, 0) is 51.3 Å². The van der Waals surface area contributed by atoms with Crippen LogP contribution in [0.2, 0.25) is 0 Å². The molecule has 0 aromatic heterocycles. The highest BCUT2D eigenvalue weighted by Crippen LogP contribution is 2.26. The number of aliphatic hydroxyl groups excluding tert-OH is 1. The van der Waals surface area contributed by atoms with Crippen LogP contribution in [0.4, 0.5) is 0 Å². The number of hydrogen-bond acceptors (Lipinski definition) is 3. The molecule has 0 fully saturated rings. The summed E-state index contributed by atoms with van der Waals surface area (Å²) in [6, 6.07) is 5.87. The first-order valence-electron chi connectivity index (χ1n) is 7.23. The fraction of sp³-hybridized carbons (Fsp3) is 0.444. The minimum Gasteiger partial charge on any atom is -0.497 e. The predicted octanol–water partition coefficient (Wildman–Crippen LogP) is 3.91. The van der Waals surface area contributed by atoms with E-state index in [0.29, 0.717) is 0 Å². The first-order valence-corrected chi connectivity index (χ1v) is 7.23. The van der Waals surface area contributed by atoms with Crippen molar-refractivity contribution < 1.29 is 14.6 Å². The average Bonchev–Trinajstić information content (AvgIpc) is 2.47. The van der Waals surface area contributed by atoms with Crippen LogP contribution in [0, 0.1) is 0 Å². The molecule has 1 rings (SSSR count). The fourth-order valence-electron chi connectivity index (χ4n) is 2.20. The second-order valence-electron chi connectivity index (χ2n) is 5.18. The third-order valence-electron chi connectivity index (χ3n) is 3.43. The SMILES string of the molecule is COc1ccc(OC)c(CC(C)=CCCC(C)=CCO)c1. The smallest absolute Gasteiger partial charge is 0.122 e. The molecular formula is C18H26O3. The number of rotatable bonds is 8. The highest BCUT2D eigenvalue weighted by molar-refractivity contribution is 5.42. The normalized spacial score (nSPS) is 12.4. The first-order chi connectivity index (χ1) is 10.1. The van der Waals surface area contributed by atoms with Gasteiger partial charge >= 0.3 is 0 Å². The zero-order chi connectivity index (χ0) is 15.7. The van der Waals surface area contributed by atoms with Gasteiger partial charge in [0, 0.05) is 5.56 Å². The summed E-state index contributed by atoms with van der Waals surface area (Å²) in [5.41, 5.74) is 3.66. The monoisotopic (exact) mass is 290 g/mol. The summed E-state index contributed by atoms with van der Waals surface area (Å²) in [4.78, 5) is 0. The van der Waals surface area contributed by atoms with E-state index in [4.69, 9.17) is 14.6 Å². The Labute approximate surface area is 127 Å². The standard InChI is InChI=1S/C18H26O3/c1-14(10-11-19)6-5-7-15(2)12-16-13-17(20-3)8-9-18(16)21-4/h7-10,13,19H,5-6,11-12H2,1-4H3. The van der Waals surface area contributed by atoms with Crippen LogP contribution in [0.25, 0.3) is 0 Å². The van der Waals surface area contributed by atoms with Crippen molar-refractivity contribution in [1.29, 1.82) is 0 Å². The van der Waals surface area contributed by atoms with Crippen molar-refractivity contribution in [3.8, 4) is 11.5 Å². The molecule has 0 aliphatic rings. The summed E-state index contributed by atoms with van der Waals surface area (Å²) in [5.74, 6) is 1.74. The van der Waals surface area contributed by atoms with Crippen LogP contribution >= 0.6 is 0 Å². The molecule has 0 bridgehead atoms. The molecule has 3 heteroatoms. The molecule has 0 heterocycles. The number of hydrogen-bond donors (Lipinski definition) is 1. The Hall–Kier alpha value is -1.74. The van der Waals surface area contributed by atoms with Crippen LogP contribution in [-0.4, -0.2) is 25.9 Å². The molecular weight excluding hydrogens is 264 g/mol. The van der Waals surface area contributed by atoms with Crippen molar-refractivity contribution in [2.24, 2.45) is 0 Å². The van der Waals surface area contributed by atoms with Crippen molar-refractivity contribution in [2.75, 3.05) is 20.8 Å². The molecule has 0 saturated heterocycles. The molecule has 1 aromatic rings. The van der Waals surface area contributed by atoms with Crippen LogP contribution in [0.3, 0.4) is 0 Å². The van der Waals surface area contributed by atoms with E-state index in [1.165, 1.54) is 11.1 Å². The number of benzene rings is 1. The minimum atomic E-state index is 0.121. The van der Waals surface area contributed by atoms with Gasteiger partial charge in [-0.3, -0.25) is 0 Å². The van der Waals surface area contributed by atoms with Crippen LogP contribution < -0.4 is 9.47 Å². The first kappa shape index (κ1) is 17.3. The Kier molecular flexibility index (Phi) is 7.62. The van der Waals surface area contributed by atoms with E-state index in [1.54, 1.807) is 14.2 Å². The summed E-state index contributed by atoms with van der Waals surface area (Å²) in [6.07, 6.45) is 6.92. The molecule has 3 nitrogen and oxygen atoms in total. The van der Waals surface area contributed by atoms with E-state index in [9.17, 15) is 0 Å². The number of allylic oxidation sites excluding steroid dienone is 3. The van der Waals surface area contributed by atoms with Gasteiger partial charge in [0.2, 0.25) is 0 Å². The summed E-state index contributed by atoms with van der Waals surface area (Å²) in [5, 5.41) is 8.83. The van der Waals surface area contributed by atoms with Crippen LogP contribution in [0.15, 0.2) is 41.5 Å². The van der Waals surface area contributed by atoms with E-state index < -0.39 is 0 Å². The third kappa shape index (κ3) is 6.05. The van der Waals surface area contributed by atoms with E-state index in [2.05, 4.69) is 13.0 Å². The van der Waals surface area contributed by atoms with Crippen molar-refractivity contribution in [1.82, 2.24) is 0 Å². The third-order valence-corrected chi connectivity index (χ3v) is 3.43. The lowest BCUT2D eigenvalue weighted by Crippen LogP contribution is -1.95. The van der Waals surface area contributed by atoms with Gasteiger partial charge < -0.3 is 14.6 Å². The molecule has 0 aliphatic heterocycles. The van der Waals surface area contributed by atoms with Crippen molar-refractivity contribution >= 4 is 0 Å². The average molecular weight is 290 g/mol. The number of ether oxygens (including phenoxy) is 2. The lowest BCUT2D eigenvalue weighted by Gasteiger charge is -2.11. The Bertz CT molecular complexity index is 501. The molecule has 116 valence electrons. The Morgan fingerprint density at radius 2 is 1.86 bits per heavy atom. The summed E-state index contributed by atoms with van der Waals surface area (Å²) < 4.78 is 10.7. The molecule has 0 aliphatic carbocycles. The molecule has 0 radical (unpaired) electrons. The molecule has 1 N–H and O–H groups in total. The van der Waals surface area contributed by atoms with Crippen LogP contribution in [-0.2, 0) is 6.42 Å². The second kappa shape index (κ2) is 9.24. The largest absolute Gasteiger partial charge is 0.497 e. The van der Waals surface area contributed by atoms with E-state index in [1.807, 2.05) is 31.2 Å². The molecule has 21 heavy (non-hydrogen) atoms. The van der Waals surface area contributed by atoms with E-state index in [0.717, 1.165) is 36.3 Å². The van der Waals surface area contributed by atoms with Gasteiger partial charge in [-0.25, -0.2) is 0 Å².